The molecule has 1 heterocycles. The molecule has 3 unspecified atom stereocenters. The van der Waals surface area contributed by atoms with E-state index >= 15 is 0 Å². The zero-order valence-electron chi connectivity index (χ0n) is 9.14. The Hall–Kier alpha value is 0.230. The fourth-order valence-corrected chi connectivity index (χ4v) is 3.41. The first-order chi connectivity index (χ1) is 7.48. The average Bonchev–Trinajstić information content (AvgIpc) is 2.61. The van der Waals surface area contributed by atoms with Crippen LogP contribution in [0.15, 0.2) is 0 Å². The molecule has 94 valence electrons. The van der Waals surface area contributed by atoms with Crippen molar-refractivity contribution in [3.63, 3.8) is 0 Å². The van der Waals surface area contributed by atoms with Gasteiger partial charge in [-0.25, -0.2) is 0 Å². The van der Waals surface area contributed by atoms with Crippen LogP contribution in [0.5, 0.6) is 0 Å². The van der Waals surface area contributed by atoms with Crippen molar-refractivity contribution in [2.75, 3.05) is 13.1 Å². The van der Waals surface area contributed by atoms with E-state index in [2.05, 4.69) is 15.9 Å². The first-order valence-corrected chi connectivity index (χ1v) is 6.85. The van der Waals surface area contributed by atoms with Crippen LogP contribution in [0, 0.1) is 5.92 Å². The van der Waals surface area contributed by atoms with E-state index in [0.717, 1.165) is 19.4 Å². The van der Waals surface area contributed by atoms with E-state index in [-0.39, 0.29) is 6.54 Å². The van der Waals surface area contributed by atoms with Gasteiger partial charge in [0.1, 0.15) is 4.83 Å². The van der Waals surface area contributed by atoms with Crippen LogP contribution in [0.1, 0.15) is 32.1 Å². The third-order valence-electron chi connectivity index (χ3n) is 3.88. The van der Waals surface area contributed by atoms with Crippen LogP contribution in [0.4, 0.5) is 13.2 Å². The van der Waals surface area contributed by atoms with Crippen molar-refractivity contribution in [1.29, 1.82) is 0 Å². The number of halogens is 4. The van der Waals surface area contributed by atoms with Crippen LogP contribution in [-0.4, -0.2) is 35.0 Å². The molecule has 1 nitrogen and oxygen atoms in total. The van der Waals surface area contributed by atoms with Crippen LogP contribution < -0.4 is 0 Å². The minimum absolute atomic E-state index is 0.116. The maximum atomic E-state index is 12.5. The van der Waals surface area contributed by atoms with E-state index in [0.29, 0.717) is 12.0 Å². The average molecular weight is 300 g/mol. The molecular formula is C11H17BrF3N. The second-order valence-corrected chi connectivity index (χ2v) is 6.01. The van der Waals surface area contributed by atoms with E-state index in [4.69, 9.17) is 0 Å². The number of fused-ring (bicyclic) bond motifs is 1. The minimum atomic E-state index is -4.12. The molecule has 0 spiro atoms. The Morgan fingerprint density at radius 2 is 1.88 bits per heavy atom. The Bertz CT molecular complexity index is 244. The molecule has 0 bridgehead atoms. The molecule has 16 heavy (non-hydrogen) atoms. The summed E-state index contributed by atoms with van der Waals surface area (Å²) in [6.45, 7) is 0.957. The first kappa shape index (κ1) is 12.7. The normalized spacial score (nSPS) is 33.8. The van der Waals surface area contributed by atoms with Gasteiger partial charge in [0.15, 0.2) is 0 Å². The molecule has 1 aliphatic heterocycles. The molecule has 3 atom stereocenters. The zero-order valence-corrected chi connectivity index (χ0v) is 10.7. The molecule has 0 radical (unpaired) electrons. The standard InChI is InChI=1S/C11H17BrF3N/c12-10(11(13,14)15)7-16-6-5-8-3-1-2-4-9(8)16/h8-10H,1-7H2. The number of nitrogens with zero attached hydrogens (tertiary/aromatic N) is 1. The highest BCUT2D eigenvalue weighted by molar-refractivity contribution is 9.09. The predicted octanol–water partition coefficient (Wildman–Crippen LogP) is 3.58. The molecule has 5 heteroatoms. The van der Waals surface area contributed by atoms with Crippen molar-refractivity contribution in [2.45, 2.75) is 49.1 Å². The maximum Gasteiger partial charge on any atom is 0.402 e. The Morgan fingerprint density at radius 3 is 2.56 bits per heavy atom. The van der Waals surface area contributed by atoms with Gasteiger partial charge in [-0.05, 0) is 31.7 Å². The topological polar surface area (TPSA) is 3.24 Å². The summed E-state index contributed by atoms with van der Waals surface area (Å²) in [6.07, 6.45) is 1.69. The van der Waals surface area contributed by atoms with Gasteiger partial charge in [0.2, 0.25) is 0 Å². The van der Waals surface area contributed by atoms with Gasteiger partial charge in [-0.2, -0.15) is 13.2 Å². The number of alkyl halides is 4. The number of rotatable bonds is 2. The fraction of sp³-hybridized carbons (Fsp3) is 1.00. The SMILES string of the molecule is FC(F)(F)C(Br)CN1CCC2CCCCC21. The quantitative estimate of drug-likeness (QED) is 0.705. The summed E-state index contributed by atoms with van der Waals surface area (Å²) in [5, 5.41) is 0. The van der Waals surface area contributed by atoms with Crippen molar-refractivity contribution in [1.82, 2.24) is 4.90 Å². The summed E-state index contributed by atoms with van der Waals surface area (Å²) >= 11 is 2.76. The lowest BCUT2D eigenvalue weighted by molar-refractivity contribution is -0.131. The molecule has 1 aliphatic carbocycles. The Balaban J connectivity index is 1.91. The van der Waals surface area contributed by atoms with Crippen LogP contribution in [-0.2, 0) is 0 Å². The van der Waals surface area contributed by atoms with E-state index in [9.17, 15) is 13.2 Å². The van der Waals surface area contributed by atoms with Gasteiger partial charge in [-0.3, -0.25) is 4.90 Å². The second-order valence-electron chi connectivity index (χ2n) is 4.90. The van der Waals surface area contributed by atoms with Crippen molar-refractivity contribution < 1.29 is 13.2 Å². The fourth-order valence-electron chi connectivity index (χ4n) is 3.04. The monoisotopic (exact) mass is 299 g/mol. The Labute approximate surface area is 103 Å². The number of hydrogen-bond donors (Lipinski definition) is 0. The van der Waals surface area contributed by atoms with Gasteiger partial charge in [0, 0.05) is 12.6 Å². The Kier molecular flexibility index (Phi) is 3.84. The molecule has 0 N–H and O–H groups in total. The third kappa shape index (κ3) is 2.73. The zero-order chi connectivity index (χ0) is 11.8. The summed E-state index contributed by atoms with van der Waals surface area (Å²) < 4.78 is 37.4. The third-order valence-corrected chi connectivity index (χ3v) is 4.68. The highest BCUT2D eigenvalue weighted by atomic mass is 79.9. The van der Waals surface area contributed by atoms with Crippen molar-refractivity contribution in [2.24, 2.45) is 5.92 Å². The molecule has 0 amide bonds. The summed E-state index contributed by atoms with van der Waals surface area (Å²) in [5.41, 5.74) is 0. The highest BCUT2D eigenvalue weighted by Gasteiger charge is 2.42. The van der Waals surface area contributed by atoms with Gasteiger partial charge in [0.25, 0.3) is 0 Å². The summed E-state index contributed by atoms with van der Waals surface area (Å²) in [6, 6.07) is 0.413. The smallest absolute Gasteiger partial charge is 0.299 e. The lowest BCUT2D eigenvalue weighted by Crippen LogP contribution is -2.42. The van der Waals surface area contributed by atoms with Crippen LogP contribution >= 0.6 is 15.9 Å². The second kappa shape index (κ2) is 4.84. The molecular weight excluding hydrogens is 283 g/mol. The largest absolute Gasteiger partial charge is 0.402 e. The summed E-state index contributed by atoms with van der Waals surface area (Å²) in [5.74, 6) is 0.654. The maximum absolute atomic E-state index is 12.5. The van der Waals surface area contributed by atoms with E-state index in [1.807, 2.05) is 4.90 Å². The summed E-state index contributed by atoms with van der Waals surface area (Å²) in [4.78, 5) is 0.664. The van der Waals surface area contributed by atoms with Gasteiger partial charge in [-0.15, -0.1) is 0 Å². The van der Waals surface area contributed by atoms with Gasteiger partial charge in [-0.1, -0.05) is 28.8 Å². The lowest BCUT2D eigenvalue weighted by atomic mass is 9.85. The molecule has 2 fully saturated rings. The number of hydrogen-bond acceptors (Lipinski definition) is 1. The molecule has 0 aromatic rings. The molecule has 1 saturated carbocycles. The highest BCUT2D eigenvalue weighted by Crippen LogP contribution is 2.37. The van der Waals surface area contributed by atoms with Crippen molar-refractivity contribution in [3.05, 3.63) is 0 Å². The molecule has 1 saturated heterocycles. The van der Waals surface area contributed by atoms with E-state index < -0.39 is 11.0 Å². The van der Waals surface area contributed by atoms with Crippen LogP contribution in [0.2, 0.25) is 0 Å². The Morgan fingerprint density at radius 1 is 1.19 bits per heavy atom. The van der Waals surface area contributed by atoms with Crippen LogP contribution in [0.25, 0.3) is 0 Å². The van der Waals surface area contributed by atoms with E-state index in [1.165, 1.54) is 19.3 Å². The van der Waals surface area contributed by atoms with Crippen molar-refractivity contribution >= 4 is 15.9 Å². The van der Waals surface area contributed by atoms with Gasteiger partial charge < -0.3 is 0 Å². The minimum Gasteiger partial charge on any atom is -0.299 e. The summed E-state index contributed by atoms with van der Waals surface area (Å²) in [7, 11) is 0. The lowest BCUT2D eigenvalue weighted by Gasteiger charge is -2.33. The van der Waals surface area contributed by atoms with Gasteiger partial charge in [0.05, 0.1) is 0 Å². The number of likely N-dealkylation sites (tertiary alicyclic amines) is 1. The van der Waals surface area contributed by atoms with Crippen molar-refractivity contribution in [3.8, 4) is 0 Å². The molecule has 2 aliphatic rings. The molecule has 2 rings (SSSR count). The molecule has 0 aromatic carbocycles. The van der Waals surface area contributed by atoms with Crippen LogP contribution in [0.3, 0.4) is 0 Å². The predicted molar refractivity (Wildman–Crippen MR) is 60.7 cm³/mol. The van der Waals surface area contributed by atoms with E-state index in [1.54, 1.807) is 0 Å². The van der Waals surface area contributed by atoms with Gasteiger partial charge >= 0.3 is 6.18 Å². The molecule has 0 aromatic heterocycles. The first-order valence-electron chi connectivity index (χ1n) is 5.93.